The van der Waals surface area contributed by atoms with E-state index in [1.807, 2.05) is 24.3 Å². The second-order valence-corrected chi connectivity index (χ2v) is 4.07. The molecule has 0 aliphatic rings. The molecule has 0 spiro atoms. The van der Waals surface area contributed by atoms with Crippen LogP contribution in [0.2, 0.25) is 0 Å². The van der Waals surface area contributed by atoms with E-state index in [-0.39, 0.29) is 0 Å². The van der Waals surface area contributed by atoms with E-state index in [1.54, 1.807) is 34.1 Å². The molecular weight excluding hydrogens is 204 g/mol. The maximum atomic E-state index is 9.61. The average Bonchev–Trinajstić information content (AvgIpc) is 2.24. The van der Waals surface area contributed by atoms with Crippen LogP contribution in [0.4, 0.5) is 0 Å². The van der Waals surface area contributed by atoms with Crippen LogP contribution in [-0.2, 0) is 0 Å². The van der Waals surface area contributed by atoms with Gasteiger partial charge in [0.05, 0.1) is 19.8 Å². The van der Waals surface area contributed by atoms with E-state index in [4.69, 9.17) is 9.47 Å². The van der Waals surface area contributed by atoms with Gasteiger partial charge in [-0.15, -0.1) is 0 Å². The quantitative estimate of drug-likeness (QED) is 0.850. The van der Waals surface area contributed by atoms with Crippen molar-refractivity contribution in [3.8, 4) is 11.5 Å². The number of hydrogen-bond donors (Lipinski definition) is 1. The number of hydrogen-bond acceptors (Lipinski definition) is 3. The minimum Gasteiger partial charge on any atom is -0.493 e. The third-order valence-electron chi connectivity index (χ3n) is 2.10. The summed E-state index contributed by atoms with van der Waals surface area (Å²) in [5.74, 6) is 1.35. The lowest BCUT2D eigenvalue weighted by atomic mass is 10.1. The highest BCUT2D eigenvalue weighted by Gasteiger charge is 2.09. The Morgan fingerprint density at radius 3 is 2.38 bits per heavy atom. The van der Waals surface area contributed by atoms with Crippen molar-refractivity contribution >= 4 is 6.08 Å². The van der Waals surface area contributed by atoms with E-state index in [1.165, 1.54) is 0 Å². The van der Waals surface area contributed by atoms with Gasteiger partial charge in [0.1, 0.15) is 0 Å². The van der Waals surface area contributed by atoms with E-state index in [0.717, 1.165) is 5.56 Å². The first-order chi connectivity index (χ1) is 7.48. The van der Waals surface area contributed by atoms with E-state index in [2.05, 4.69) is 0 Å². The molecule has 0 atom stereocenters. The van der Waals surface area contributed by atoms with Crippen molar-refractivity contribution in [2.45, 2.75) is 19.4 Å². The van der Waals surface area contributed by atoms with Gasteiger partial charge in [0.2, 0.25) is 0 Å². The summed E-state index contributed by atoms with van der Waals surface area (Å²) >= 11 is 0. The van der Waals surface area contributed by atoms with E-state index in [9.17, 15) is 5.11 Å². The van der Waals surface area contributed by atoms with E-state index < -0.39 is 5.60 Å². The van der Waals surface area contributed by atoms with Gasteiger partial charge in [-0.25, -0.2) is 0 Å². The van der Waals surface area contributed by atoms with Crippen LogP contribution < -0.4 is 9.47 Å². The molecule has 0 aliphatic carbocycles. The first kappa shape index (κ1) is 12.6. The van der Waals surface area contributed by atoms with Crippen molar-refractivity contribution < 1.29 is 14.6 Å². The predicted molar refractivity (Wildman–Crippen MR) is 64.9 cm³/mol. The number of ether oxygens (including phenoxy) is 2. The number of rotatable bonds is 4. The number of benzene rings is 1. The summed E-state index contributed by atoms with van der Waals surface area (Å²) in [6.07, 6.45) is 3.53. The van der Waals surface area contributed by atoms with Crippen molar-refractivity contribution in [1.29, 1.82) is 0 Å². The molecule has 1 rings (SSSR count). The summed E-state index contributed by atoms with van der Waals surface area (Å²) in [5, 5.41) is 9.61. The zero-order valence-electron chi connectivity index (χ0n) is 10.2. The van der Waals surface area contributed by atoms with Crippen LogP contribution >= 0.6 is 0 Å². The maximum absolute atomic E-state index is 9.61. The summed E-state index contributed by atoms with van der Waals surface area (Å²) in [6.45, 7) is 3.44. The van der Waals surface area contributed by atoms with Crippen molar-refractivity contribution in [1.82, 2.24) is 0 Å². The maximum Gasteiger partial charge on any atom is 0.167 e. The van der Waals surface area contributed by atoms with Crippen LogP contribution in [-0.4, -0.2) is 24.9 Å². The van der Waals surface area contributed by atoms with E-state index in [0.29, 0.717) is 11.5 Å². The number of aliphatic hydroxyl groups is 1. The molecule has 0 unspecified atom stereocenters. The lowest BCUT2D eigenvalue weighted by Gasteiger charge is -2.13. The standard InChI is InChI=1S/C13H18O3/c1-13(2,14)9-8-10-6-5-7-11(15-3)12(10)16-4/h5-9,14H,1-4H3/b9-8+. The summed E-state index contributed by atoms with van der Waals surface area (Å²) in [4.78, 5) is 0. The first-order valence-corrected chi connectivity index (χ1v) is 5.10. The van der Waals surface area contributed by atoms with Gasteiger partial charge in [-0.2, -0.15) is 0 Å². The summed E-state index contributed by atoms with van der Waals surface area (Å²) in [7, 11) is 3.20. The zero-order valence-corrected chi connectivity index (χ0v) is 10.2. The Morgan fingerprint density at radius 2 is 1.88 bits per heavy atom. The number of methoxy groups -OCH3 is 2. The molecule has 16 heavy (non-hydrogen) atoms. The lowest BCUT2D eigenvalue weighted by molar-refractivity contribution is 0.134. The fourth-order valence-electron chi connectivity index (χ4n) is 1.34. The van der Waals surface area contributed by atoms with Crippen LogP contribution in [0.3, 0.4) is 0 Å². The molecule has 1 aromatic carbocycles. The second-order valence-electron chi connectivity index (χ2n) is 4.07. The highest BCUT2D eigenvalue weighted by molar-refractivity contribution is 5.62. The normalized spacial score (nSPS) is 11.8. The van der Waals surface area contributed by atoms with Gasteiger partial charge in [-0.05, 0) is 19.9 Å². The number of para-hydroxylation sites is 1. The second kappa shape index (κ2) is 5.03. The first-order valence-electron chi connectivity index (χ1n) is 5.10. The molecule has 0 fully saturated rings. The predicted octanol–water partition coefficient (Wildman–Crippen LogP) is 2.49. The molecule has 0 heterocycles. The largest absolute Gasteiger partial charge is 0.493 e. The minimum absolute atomic E-state index is 0.672. The van der Waals surface area contributed by atoms with Crippen molar-refractivity contribution in [2.24, 2.45) is 0 Å². The van der Waals surface area contributed by atoms with Crippen LogP contribution in [0.5, 0.6) is 11.5 Å². The highest BCUT2D eigenvalue weighted by Crippen LogP contribution is 2.31. The molecule has 0 bridgehead atoms. The Morgan fingerprint density at radius 1 is 1.19 bits per heavy atom. The van der Waals surface area contributed by atoms with Crippen LogP contribution in [0.1, 0.15) is 19.4 Å². The van der Waals surface area contributed by atoms with Gasteiger partial charge in [0.15, 0.2) is 11.5 Å². The molecule has 0 saturated carbocycles. The molecule has 0 aromatic heterocycles. The Bertz CT molecular complexity index is 375. The molecule has 0 saturated heterocycles. The zero-order chi connectivity index (χ0) is 12.2. The molecular formula is C13H18O3. The van der Waals surface area contributed by atoms with Crippen LogP contribution in [0, 0.1) is 0 Å². The third-order valence-corrected chi connectivity index (χ3v) is 2.10. The van der Waals surface area contributed by atoms with Gasteiger partial charge >= 0.3 is 0 Å². The van der Waals surface area contributed by atoms with Crippen LogP contribution in [0.15, 0.2) is 24.3 Å². The topological polar surface area (TPSA) is 38.7 Å². The van der Waals surface area contributed by atoms with Gasteiger partial charge in [-0.3, -0.25) is 0 Å². The molecule has 0 aliphatic heterocycles. The molecule has 3 heteroatoms. The van der Waals surface area contributed by atoms with Gasteiger partial charge in [-0.1, -0.05) is 24.3 Å². The molecule has 0 radical (unpaired) electrons. The van der Waals surface area contributed by atoms with Crippen LogP contribution in [0.25, 0.3) is 6.08 Å². The van der Waals surface area contributed by atoms with Crippen molar-refractivity contribution in [3.63, 3.8) is 0 Å². The van der Waals surface area contributed by atoms with Crippen molar-refractivity contribution in [3.05, 3.63) is 29.8 Å². The Balaban J connectivity index is 3.09. The molecule has 0 amide bonds. The fraction of sp³-hybridized carbons (Fsp3) is 0.385. The lowest BCUT2D eigenvalue weighted by Crippen LogP contribution is -2.13. The summed E-state index contributed by atoms with van der Waals surface area (Å²) < 4.78 is 10.5. The van der Waals surface area contributed by atoms with E-state index >= 15 is 0 Å². The minimum atomic E-state index is -0.839. The van der Waals surface area contributed by atoms with Gasteiger partial charge in [0, 0.05) is 5.56 Å². The van der Waals surface area contributed by atoms with Gasteiger partial charge < -0.3 is 14.6 Å². The Kier molecular flexibility index (Phi) is 3.96. The van der Waals surface area contributed by atoms with Gasteiger partial charge in [0.25, 0.3) is 0 Å². The summed E-state index contributed by atoms with van der Waals surface area (Å²) in [6, 6.07) is 5.62. The smallest absolute Gasteiger partial charge is 0.167 e. The molecule has 3 nitrogen and oxygen atoms in total. The fourth-order valence-corrected chi connectivity index (χ4v) is 1.34. The average molecular weight is 222 g/mol. The molecule has 88 valence electrons. The molecule has 1 N–H and O–H groups in total. The van der Waals surface area contributed by atoms with Crippen molar-refractivity contribution in [2.75, 3.05) is 14.2 Å². The Hall–Kier alpha value is -1.48. The SMILES string of the molecule is COc1cccc(/C=C/C(C)(C)O)c1OC. The highest BCUT2D eigenvalue weighted by atomic mass is 16.5. The summed E-state index contributed by atoms with van der Waals surface area (Å²) in [5.41, 5.74) is 0.0395. The Labute approximate surface area is 96.3 Å². The monoisotopic (exact) mass is 222 g/mol. The third kappa shape index (κ3) is 3.28. The molecule has 1 aromatic rings.